The van der Waals surface area contributed by atoms with Gasteiger partial charge in [-0.3, -0.25) is 4.79 Å². The van der Waals surface area contributed by atoms with Gasteiger partial charge < -0.3 is 15.4 Å². The standard InChI is InChI=1S/C12H24N2O2.ClH/c1-9(2)11-6-4-5-7-14(11)12(15)10(13)8-16-3;/h9-11H,4-8,13H2,1-3H3;1H. The van der Waals surface area contributed by atoms with Gasteiger partial charge in [-0.1, -0.05) is 13.8 Å². The topological polar surface area (TPSA) is 55.6 Å². The van der Waals surface area contributed by atoms with Crippen molar-refractivity contribution in [2.45, 2.75) is 45.2 Å². The van der Waals surface area contributed by atoms with Gasteiger partial charge in [0, 0.05) is 19.7 Å². The Hall–Kier alpha value is -0.320. The molecule has 17 heavy (non-hydrogen) atoms. The zero-order chi connectivity index (χ0) is 12.1. The molecule has 1 aliphatic rings. The lowest BCUT2D eigenvalue weighted by atomic mass is 9.92. The van der Waals surface area contributed by atoms with Crippen LogP contribution in [0.4, 0.5) is 0 Å². The average molecular weight is 265 g/mol. The Balaban J connectivity index is 0.00000256. The Morgan fingerprint density at radius 2 is 2.12 bits per heavy atom. The van der Waals surface area contributed by atoms with Gasteiger partial charge in [-0.2, -0.15) is 0 Å². The molecule has 0 aliphatic carbocycles. The Morgan fingerprint density at radius 1 is 1.47 bits per heavy atom. The van der Waals surface area contributed by atoms with E-state index in [-0.39, 0.29) is 18.3 Å². The number of rotatable bonds is 4. The molecule has 1 heterocycles. The minimum absolute atomic E-state index is 0. The van der Waals surface area contributed by atoms with Crippen molar-refractivity contribution >= 4 is 18.3 Å². The van der Waals surface area contributed by atoms with Gasteiger partial charge in [0.05, 0.1) is 6.61 Å². The molecule has 1 amide bonds. The van der Waals surface area contributed by atoms with Crippen molar-refractivity contribution in [3.05, 3.63) is 0 Å². The molecule has 0 aromatic heterocycles. The number of nitrogens with zero attached hydrogens (tertiary/aromatic N) is 1. The molecule has 0 aromatic rings. The van der Waals surface area contributed by atoms with Crippen LogP contribution in [0.25, 0.3) is 0 Å². The van der Waals surface area contributed by atoms with Crippen molar-refractivity contribution in [2.75, 3.05) is 20.3 Å². The molecular weight excluding hydrogens is 240 g/mol. The number of hydrogen-bond acceptors (Lipinski definition) is 3. The quantitative estimate of drug-likeness (QED) is 0.836. The first-order valence-corrected chi connectivity index (χ1v) is 6.13. The van der Waals surface area contributed by atoms with Gasteiger partial charge in [-0.25, -0.2) is 0 Å². The van der Waals surface area contributed by atoms with Crippen LogP contribution >= 0.6 is 12.4 Å². The molecule has 0 spiro atoms. The molecule has 2 N–H and O–H groups in total. The Labute approximate surface area is 110 Å². The number of carbonyl (C=O) groups excluding carboxylic acids is 1. The van der Waals surface area contributed by atoms with Crippen LogP contribution in [-0.4, -0.2) is 43.2 Å². The van der Waals surface area contributed by atoms with Crippen LogP contribution in [0.2, 0.25) is 0 Å². The van der Waals surface area contributed by atoms with Crippen LogP contribution in [0.1, 0.15) is 33.1 Å². The molecule has 2 atom stereocenters. The van der Waals surface area contributed by atoms with E-state index >= 15 is 0 Å². The molecule has 0 radical (unpaired) electrons. The van der Waals surface area contributed by atoms with E-state index < -0.39 is 6.04 Å². The van der Waals surface area contributed by atoms with Crippen LogP contribution in [0.3, 0.4) is 0 Å². The van der Waals surface area contributed by atoms with Crippen LogP contribution in [0.5, 0.6) is 0 Å². The summed E-state index contributed by atoms with van der Waals surface area (Å²) in [6.45, 7) is 5.48. The molecule has 0 saturated carbocycles. The van der Waals surface area contributed by atoms with Gasteiger partial charge in [-0.05, 0) is 25.2 Å². The van der Waals surface area contributed by atoms with E-state index in [9.17, 15) is 4.79 Å². The minimum atomic E-state index is -0.510. The van der Waals surface area contributed by atoms with E-state index in [1.807, 2.05) is 4.90 Å². The first kappa shape index (κ1) is 16.7. The van der Waals surface area contributed by atoms with Gasteiger partial charge in [0.1, 0.15) is 6.04 Å². The molecule has 1 fully saturated rings. The summed E-state index contributed by atoms with van der Waals surface area (Å²) in [5.41, 5.74) is 5.80. The highest BCUT2D eigenvalue weighted by atomic mass is 35.5. The summed E-state index contributed by atoms with van der Waals surface area (Å²) >= 11 is 0. The van der Waals surface area contributed by atoms with E-state index in [1.165, 1.54) is 6.42 Å². The normalized spacial score (nSPS) is 22.2. The third-order valence-electron chi connectivity index (χ3n) is 3.27. The molecule has 102 valence electrons. The maximum atomic E-state index is 12.1. The third kappa shape index (κ3) is 4.45. The van der Waals surface area contributed by atoms with Gasteiger partial charge in [-0.15, -0.1) is 12.4 Å². The maximum Gasteiger partial charge on any atom is 0.242 e. The highest BCUT2D eigenvalue weighted by Gasteiger charge is 2.31. The molecule has 1 rings (SSSR count). The van der Waals surface area contributed by atoms with E-state index in [2.05, 4.69) is 13.8 Å². The molecular formula is C12H25ClN2O2. The third-order valence-corrected chi connectivity index (χ3v) is 3.27. The average Bonchev–Trinajstić information content (AvgIpc) is 2.28. The number of piperidine rings is 1. The van der Waals surface area contributed by atoms with Crippen molar-refractivity contribution in [1.29, 1.82) is 0 Å². The van der Waals surface area contributed by atoms with E-state index in [4.69, 9.17) is 10.5 Å². The minimum Gasteiger partial charge on any atom is -0.383 e. The van der Waals surface area contributed by atoms with E-state index in [1.54, 1.807) is 7.11 Å². The van der Waals surface area contributed by atoms with Crippen molar-refractivity contribution in [3.63, 3.8) is 0 Å². The fourth-order valence-corrected chi connectivity index (χ4v) is 2.39. The van der Waals surface area contributed by atoms with Crippen molar-refractivity contribution in [1.82, 2.24) is 4.90 Å². The molecule has 4 nitrogen and oxygen atoms in total. The van der Waals surface area contributed by atoms with Gasteiger partial charge in [0.25, 0.3) is 0 Å². The summed E-state index contributed by atoms with van der Waals surface area (Å²) in [5, 5.41) is 0. The van der Waals surface area contributed by atoms with E-state index in [0.29, 0.717) is 18.6 Å². The first-order chi connectivity index (χ1) is 7.57. The smallest absolute Gasteiger partial charge is 0.242 e. The van der Waals surface area contributed by atoms with Crippen molar-refractivity contribution < 1.29 is 9.53 Å². The number of methoxy groups -OCH3 is 1. The number of amides is 1. The predicted octanol–water partition coefficient (Wildman–Crippen LogP) is 1.42. The van der Waals surface area contributed by atoms with Crippen molar-refractivity contribution in [3.8, 4) is 0 Å². The maximum absolute atomic E-state index is 12.1. The van der Waals surface area contributed by atoms with Crippen LogP contribution < -0.4 is 5.73 Å². The van der Waals surface area contributed by atoms with Gasteiger partial charge >= 0.3 is 0 Å². The first-order valence-electron chi connectivity index (χ1n) is 6.13. The highest BCUT2D eigenvalue weighted by Crippen LogP contribution is 2.23. The SMILES string of the molecule is COCC(N)C(=O)N1CCCCC1C(C)C.Cl. The lowest BCUT2D eigenvalue weighted by Crippen LogP contribution is -2.53. The Morgan fingerprint density at radius 3 is 2.65 bits per heavy atom. The number of ether oxygens (including phenoxy) is 1. The summed E-state index contributed by atoms with van der Waals surface area (Å²) in [5.74, 6) is 0.541. The number of likely N-dealkylation sites (tertiary alicyclic amines) is 1. The number of nitrogens with two attached hydrogens (primary N) is 1. The summed E-state index contributed by atoms with van der Waals surface area (Å²) in [7, 11) is 1.57. The summed E-state index contributed by atoms with van der Waals surface area (Å²) in [4.78, 5) is 14.1. The highest BCUT2D eigenvalue weighted by molar-refractivity contribution is 5.85. The van der Waals surface area contributed by atoms with Crippen LogP contribution in [0, 0.1) is 5.92 Å². The second-order valence-corrected chi connectivity index (χ2v) is 4.90. The summed E-state index contributed by atoms with van der Waals surface area (Å²) in [6.07, 6.45) is 3.41. The summed E-state index contributed by atoms with van der Waals surface area (Å²) < 4.78 is 4.94. The number of hydrogen-bond donors (Lipinski definition) is 1. The molecule has 1 aliphatic heterocycles. The van der Waals surface area contributed by atoms with Crippen molar-refractivity contribution in [2.24, 2.45) is 11.7 Å². The lowest BCUT2D eigenvalue weighted by molar-refractivity contribution is -0.138. The molecule has 5 heteroatoms. The largest absolute Gasteiger partial charge is 0.383 e. The molecule has 0 bridgehead atoms. The fraction of sp³-hybridized carbons (Fsp3) is 0.917. The van der Waals surface area contributed by atoms with Crippen LogP contribution in [0.15, 0.2) is 0 Å². The lowest BCUT2D eigenvalue weighted by Gasteiger charge is -2.39. The Bertz CT molecular complexity index is 237. The van der Waals surface area contributed by atoms with Crippen LogP contribution in [-0.2, 0) is 9.53 Å². The zero-order valence-electron chi connectivity index (χ0n) is 11.0. The Kier molecular flexibility index (Phi) is 7.75. The molecule has 2 unspecified atom stereocenters. The zero-order valence-corrected chi connectivity index (χ0v) is 11.8. The number of halogens is 1. The predicted molar refractivity (Wildman–Crippen MR) is 71.3 cm³/mol. The molecule has 0 aromatic carbocycles. The monoisotopic (exact) mass is 264 g/mol. The second kappa shape index (κ2) is 7.90. The fourth-order valence-electron chi connectivity index (χ4n) is 2.39. The number of carbonyl (C=O) groups is 1. The second-order valence-electron chi connectivity index (χ2n) is 4.90. The van der Waals surface area contributed by atoms with Gasteiger partial charge in [0.2, 0.25) is 5.91 Å². The molecule has 1 saturated heterocycles. The van der Waals surface area contributed by atoms with Gasteiger partial charge in [0.15, 0.2) is 0 Å². The summed E-state index contributed by atoms with van der Waals surface area (Å²) in [6, 6.07) is -0.159. The van der Waals surface area contributed by atoms with E-state index in [0.717, 1.165) is 19.4 Å².